The van der Waals surface area contributed by atoms with Crippen molar-refractivity contribution in [2.45, 2.75) is 26.9 Å². The summed E-state index contributed by atoms with van der Waals surface area (Å²) in [5.41, 5.74) is -0.513. The van der Waals surface area contributed by atoms with Crippen molar-refractivity contribution in [1.29, 1.82) is 0 Å². The molecule has 7 heteroatoms. The molecule has 21 heavy (non-hydrogen) atoms. The standard InChI is InChI=1S/C14H18N2O5/c1-14(2,3)13(17)21-15-8-12(9-15)20-11-6-4-10(5-7-11)16(18)19/h4-7,12H,8-9H2,1-3H3. The van der Waals surface area contributed by atoms with Crippen LogP contribution in [-0.2, 0) is 9.63 Å². The van der Waals surface area contributed by atoms with Crippen molar-refractivity contribution in [3.8, 4) is 5.75 Å². The average Bonchev–Trinajstić information content (AvgIpc) is 2.35. The normalized spacial score (nSPS) is 16.1. The minimum atomic E-state index is -0.537. The van der Waals surface area contributed by atoms with Gasteiger partial charge in [-0.1, -0.05) is 0 Å². The number of nitro groups is 1. The lowest BCUT2D eigenvalue weighted by atomic mass is 9.98. The zero-order chi connectivity index (χ0) is 15.6. The minimum Gasteiger partial charge on any atom is -0.487 e. The van der Waals surface area contributed by atoms with Gasteiger partial charge in [-0.2, -0.15) is 0 Å². The molecule has 2 rings (SSSR count). The molecule has 1 aliphatic heterocycles. The van der Waals surface area contributed by atoms with E-state index in [-0.39, 0.29) is 17.8 Å². The number of hydrogen-bond acceptors (Lipinski definition) is 6. The van der Waals surface area contributed by atoms with Crippen molar-refractivity contribution >= 4 is 11.7 Å². The second-order valence-electron chi connectivity index (χ2n) is 5.97. The Kier molecular flexibility index (Phi) is 4.13. The van der Waals surface area contributed by atoms with Crippen molar-refractivity contribution in [2.75, 3.05) is 13.1 Å². The van der Waals surface area contributed by atoms with Crippen LogP contribution >= 0.6 is 0 Å². The molecule has 0 spiro atoms. The number of rotatable bonds is 4. The molecular formula is C14H18N2O5. The Morgan fingerprint density at radius 3 is 2.33 bits per heavy atom. The predicted molar refractivity (Wildman–Crippen MR) is 74.6 cm³/mol. The van der Waals surface area contributed by atoms with Crippen LogP contribution in [0.2, 0.25) is 0 Å². The first-order valence-electron chi connectivity index (χ1n) is 6.64. The van der Waals surface area contributed by atoms with E-state index in [1.807, 2.05) is 0 Å². The van der Waals surface area contributed by atoms with Crippen molar-refractivity contribution in [2.24, 2.45) is 5.41 Å². The van der Waals surface area contributed by atoms with E-state index in [0.717, 1.165) is 0 Å². The summed E-state index contributed by atoms with van der Waals surface area (Å²) in [4.78, 5) is 26.9. The molecule has 1 aromatic carbocycles. The highest BCUT2D eigenvalue weighted by molar-refractivity contribution is 5.75. The second-order valence-corrected chi connectivity index (χ2v) is 5.97. The van der Waals surface area contributed by atoms with Gasteiger partial charge >= 0.3 is 5.97 Å². The number of nitro benzene ring substituents is 1. The van der Waals surface area contributed by atoms with Gasteiger partial charge in [0.25, 0.3) is 5.69 Å². The maximum atomic E-state index is 11.7. The molecule has 0 unspecified atom stereocenters. The van der Waals surface area contributed by atoms with Gasteiger partial charge in [0.15, 0.2) is 0 Å². The number of non-ortho nitro benzene ring substituents is 1. The number of nitrogens with zero attached hydrogens (tertiary/aromatic N) is 2. The summed E-state index contributed by atoms with van der Waals surface area (Å²) in [6, 6.07) is 5.90. The maximum absolute atomic E-state index is 11.7. The van der Waals surface area contributed by atoms with E-state index in [2.05, 4.69) is 0 Å². The van der Waals surface area contributed by atoms with Crippen LogP contribution in [0.25, 0.3) is 0 Å². The lowest BCUT2D eigenvalue weighted by Gasteiger charge is -2.38. The third kappa shape index (κ3) is 3.91. The molecule has 1 heterocycles. The number of hydrogen-bond donors (Lipinski definition) is 0. The van der Waals surface area contributed by atoms with Crippen LogP contribution in [0.15, 0.2) is 24.3 Å². The number of ether oxygens (including phenoxy) is 1. The zero-order valence-corrected chi connectivity index (χ0v) is 12.2. The van der Waals surface area contributed by atoms with E-state index in [9.17, 15) is 14.9 Å². The van der Waals surface area contributed by atoms with Gasteiger partial charge in [-0.3, -0.25) is 10.1 Å². The van der Waals surface area contributed by atoms with Gasteiger partial charge in [-0.25, -0.2) is 4.79 Å². The lowest BCUT2D eigenvalue weighted by molar-refractivity contribution is -0.384. The summed E-state index contributed by atoms with van der Waals surface area (Å²) >= 11 is 0. The molecule has 114 valence electrons. The van der Waals surface area contributed by atoms with E-state index in [4.69, 9.17) is 9.57 Å². The van der Waals surface area contributed by atoms with Crippen molar-refractivity contribution in [3.05, 3.63) is 34.4 Å². The van der Waals surface area contributed by atoms with Crippen LogP contribution in [0.4, 0.5) is 5.69 Å². The molecule has 0 bridgehead atoms. The fourth-order valence-electron chi connectivity index (χ4n) is 1.64. The zero-order valence-electron chi connectivity index (χ0n) is 12.2. The highest BCUT2D eigenvalue weighted by Crippen LogP contribution is 2.23. The largest absolute Gasteiger partial charge is 0.487 e. The first-order valence-corrected chi connectivity index (χ1v) is 6.64. The van der Waals surface area contributed by atoms with Crippen LogP contribution in [0, 0.1) is 15.5 Å². The molecule has 0 radical (unpaired) electrons. The molecular weight excluding hydrogens is 276 g/mol. The Balaban J connectivity index is 1.78. The third-order valence-electron chi connectivity index (χ3n) is 2.99. The van der Waals surface area contributed by atoms with Gasteiger partial charge in [0.05, 0.1) is 23.4 Å². The van der Waals surface area contributed by atoms with E-state index in [1.54, 1.807) is 38.0 Å². The Morgan fingerprint density at radius 1 is 1.29 bits per heavy atom. The van der Waals surface area contributed by atoms with Gasteiger partial charge in [0.1, 0.15) is 11.9 Å². The van der Waals surface area contributed by atoms with E-state index in [0.29, 0.717) is 18.8 Å². The monoisotopic (exact) mass is 294 g/mol. The summed E-state index contributed by atoms with van der Waals surface area (Å²) in [6.45, 7) is 6.34. The lowest BCUT2D eigenvalue weighted by Crippen LogP contribution is -2.55. The molecule has 0 aliphatic carbocycles. The Morgan fingerprint density at radius 2 is 1.86 bits per heavy atom. The predicted octanol–water partition coefficient (Wildman–Crippen LogP) is 2.16. The first kappa shape index (κ1) is 15.2. The molecule has 0 amide bonds. The Labute approximate surface area is 122 Å². The van der Waals surface area contributed by atoms with E-state index >= 15 is 0 Å². The summed E-state index contributed by atoms with van der Waals surface area (Å²) < 4.78 is 5.63. The summed E-state index contributed by atoms with van der Waals surface area (Å²) in [6.07, 6.45) is -0.0841. The first-order chi connectivity index (χ1) is 9.75. The van der Waals surface area contributed by atoms with Crippen LogP contribution < -0.4 is 4.74 Å². The van der Waals surface area contributed by atoms with Crippen molar-refractivity contribution < 1.29 is 19.3 Å². The highest BCUT2D eigenvalue weighted by Gasteiger charge is 2.34. The minimum absolute atomic E-state index is 0.0247. The summed E-state index contributed by atoms with van der Waals surface area (Å²) in [5, 5.41) is 12.1. The van der Waals surface area contributed by atoms with Crippen molar-refractivity contribution in [3.63, 3.8) is 0 Å². The molecule has 1 aliphatic rings. The van der Waals surface area contributed by atoms with Gasteiger partial charge in [-0.05, 0) is 32.9 Å². The van der Waals surface area contributed by atoms with Gasteiger partial charge in [-0.15, -0.1) is 5.06 Å². The number of benzene rings is 1. The fourth-order valence-corrected chi connectivity index (χ4v) is 1.64. The molecule has 0 saturated carbocycles. The number of carbonyl (C=O) groups is 1. The molecule has 0 atom stereocenters. The quantitative estimate of drug-likeness (QED) is 0.625. The molecule has 1 fully saturated rings. The molecule has 1 saturated heterocycles. The second kappa shape index (κ2) is 5.69. The topological polar surface area (TPSA) is 81.9 Å². The third-order valence-corrected chi connectivity index (χ3v) is 2.99. The Hall–Kier alpha value is -2.15. The van der Waals surface area contributed by atoms with E-state index in [1.165, 1.54) is 12.1 Å². The number of hydroxylamine groups is 2. The van der Waals surface area contributed by atoms with Gasteiger partial charge in [0.2, 0.25) is 0 Å². The van der Waals surface area contributed by atoms with Crippen LogP contribution in [-0.4, -0.2) is 35.1 Å². The van der Waals surface area contributed by atoms with Crippen LogP contribution in [0.1, 0.15) is 20.8 Å². The summed E-state index contributed by atoms with van der Waals surface area (Å²) in [5.74, 6) is 0.281. The highest BCUT2D eigenvalue weighted by atomic mass is 16.7. The van der Waals surface area contributed by atoms with Gasteiger partial charge in [0, 0.05) is 12.1 Å². The molecule has 0 N–H and O–H groups in total. The SMILES string of the molecule is CC(C)(C)C(=O)ON1CC(Oc2ccc([N+](=O)[O-])cc2)C1. The van der Waals surface area contributed by atoms with Crippen LogP contribution in [0.5, 0.6) is 5.75 Å². The van der Waals surface area contributed by atoms with Crippen molar-refractivity contribution in [1.82, 2.24) is 5.06 Å². The van der Waals surface area contributed by atoms with E-state index < -0.39 is 10.3 Å². The van der Waals surface area contributed by atoms with Crippen LogP contribution in [0.3, 0.4) is 0 Å². The Bertz CT molecular complexity index is 529. The van der Waals surface area contributed by atoms with Gasteiger partial charge < -0.3 is 9.57 Å². The maximum Gasteiger partial charge on any atom is 0.330 e. The molecule has 1 aromatic rings. The smallest absolute Gasteiger partial charge is 0.330 e. The fraction of sp³-hybridized carbons (Fsp3) is 0.500. The number of carbonyl (C=O) groups excluding carboxylic acids is 1. The average molecular weight is 294 g/mol. The summed E-state index contributed by atoms with van der Waals surface area (Å²) in [7, 11) is 0. The molecule has 0 aromatic heterocycles. The molecule has 7 nitrogen and oxygen atoms in total.